The quantitative estimate of drug-likeness (QED) is 0.675. The summed E-state index contributed by atoms with van der Waals surface area (Å²) in [6.07, 6.45) is 0. The van der Waals surface area contributed by atoms with E-state index in [0.29, 0.717) is 5.82 Å². The first-order chi connectivity index (χ1) is 6.27. The van der Waals surface area contributed by atoms with Crippen LogP contribution >= 0.6 is 12.8 Å². The number of anilines is 1. The lowest BCUT2D eigenvalue weighted by atomic mass is 10.2. The van der Waals surface area contributed by atoms with Crippen molar-refractivity contribution >= 4 is 18.6 Å². The molecule has 1 aromatic heterocycles. The molecule has 1 heterocycles. The van der Waals surface area contributed by atoms with E-state index in [9.17, 15) is 0 Å². The molecule has 0 bridgehead atoms. The summed E-state index contributed by atoms with van der Waals surface area (Å²) < 4.78 is 1.36. The fourth-order valence-corrected chi connectivity index (χ4v) is 1.29. The fraction of sp³-hybridized carbons (Fsp3) is 0. The first kappa shape index (κ1) is 8.19. The van der Waals surface area contributed by atoms with Crippen LogP contribution in [0.3, 0.4) is 0 Å². The minimum atomic E-state index is 0.544. The maximum atomic E-state index is 5.60. The number of hydrogen-bond acceptors (Lipinski definition) is 3. The molecule has 13 heavy (non-hydrogen) atoms. The lowest BCUT2D eigenvalue weighted by Gasteiger charge is -1.92. The third-order valence-electron chi connectivity index (χ3n) is 1.79. The molecule has 0 saturated heterocycles. The van der Waals surface area contributed by atoms with Crippen LogP contribution in [0.4, 0.5) is 5.82 Å². The number of aromatic nitrogens is 2. The molecular weight excluding hydrogens is 182 g/mol. The van der Waals surface area contributed by atoms with E-state index in [2.05, 4.69) is 17.9 Å². The fourth-order valence-electron chi connectivity index (χ4n) is 1.14. The van der Waals surface area contributed by atoms with Crippen molar-refractivity contribution in [2.45, 2.75) is 0 Å². The van der Waals surface area contributed by atoms with Crippen LogP contribution in [-0.2, 0) is 0 Å². The molecule has 0 unspecified atom stereocenters. The Balaban J connectivity index is 2.48. The molecule has 0 saturated carbocycles. The van der Waals surface area contributed by atoms with Crippen molar-refractivity contribution < 1.29 is 0 Å². The highest BCUT2D eigenvalue weighted by molar-refractivity contribution is 7.78. The van der Waals surface area contributed by atoms with Crippen molar-refractivity contribution in [2.24, 2.45) is 0 Å². The van der Waals surface area contributed by atoms with Gasteiger partial charge in [0, 0.05) is 11.6 Å². The van der Waals surface area contributed by atoms with Gasteiger partial charge in [-0.15, -0.1) is 0 Å². The topological polar surface area (TPSA) is 43.8 Å². The third-order valence-corrected chi connectivity index (χ3v) is 2.11. The molecule has 0 aliphatic carbocycles. The van der Waals surface area contributed by atoms with Crippen LogP contribution in [0.1, 0.15) is 0 Å². The minimum Gasteiger partial charge on any atom is -0.383 e. The lowest BCUT2D eigenvalue weighted by Crippen LogP contribution is -1.90. The summed E-state index contributed by atoms with van der Waals surface area (Å²) in [6.45, 7) is 0. The Kier molecular flexibility index (Phi) is 1.98. The predicted octanol–water partition coefficient (Wildman–Crippen LogP) is 1.83. The first-order valence-corrected chi connectivity index (χ1v) is 4.27. The highest BCUT2D eigenvalue weighted by Crippen LogP contribution is 2.19. The van der Waals surface area contributed by atoms with E-state index in [4.69, 9.17) is 5.73 Å². The van der Waals surface area contributed by atoms with Crippen molar-refractivity contribution in [1.82, 2.24) is 9.19 Å². The van der Waals surface area contributed by atoms with Crippen LogP contribution in [0.5, 0.6) is 0 Å². The zero-order valence-corrected chi connectivity index (χ0v) is 7.78. The van der Waals surface area contributed by atoms with Crippen LogP contribution in [0.25, 0.3) is 11.3 Å². The summed E-state index contributed by atoms with van der Waals surface area (Å²) in [7, 11) is 0. The van der Waals surface area contributed by atoms with E-state index < -0.39 is 0 Å². The molecule has 2 N–H and O–H groups in total. The van der Waals surface area contributed by atoms with Crippen molar-refractivity contribution in [3.63, 3.8) is 0 Å². The van der Waals surface area contributed by atoms with Crippen molar-refractivity contribution in [3.8, 4) is 11.3 Å². The van der Waals surface area contributed by atoms with Gasteiger partial charge in [-0.1, -0.05) is 30.3 Å². The van der Waals surface area contributed by atoms with E-state index in [0.717, 1.165) is 11.3 Å². The minimum absolute atomic E-state index is 0.544. The highest BCUT2D eigenvalue weighted by atomic mass is 32.1. The van der Waals surface area contributed by atoms with Gasteiger partial charge in [0.25, 0.3) is 0 Å². The maximum absolute atomic E-state index is 5.60. The molecule has 2 aromatic rings. The predicted molar refractivity (Wildman–Crippen MR) is 56.5 cm³/mol. The van der Waals surface area contributed by atoms with Gasteiger partial charge in [0.1, 0.15) is 5.82 Å². The summed E-state index contributed by atoms with van der Waals surface area (Å²) in [5.74, 6) is 0.544. The first-order valence-electron chi connectivity index (χ1n) is 3.87. The van der Waals surface area contributed by atoms with Crippen LogP contribution in [0.2, 0.25) is 0 Å². The average molecular weight is 191 g/mol. The lowest BCUT2D eigenvalue weighted by molar-refractivity contribution is 1.03. The standard InChI is InChI=1S/C9H9N3S/c10-9-6-8(11-12(9)13)7-4-2-1-3-5-7/h1-6,13H,10H2. The average Bonchev–Trinajstić information content (AvgIpc) is 2.49. The zero-order valence-electron chi connectivity index (χ0n) is 6.88. The van der Waals surface area contributed by atoms with Crippen LogP contribution < -0.4 is 5.73 Å². The summed E-state index contributed by atoms with van der Waals surface area (Å²) in [5, 5.41) is 4.14. The molecule has 2 rings (SSSR count). The number of nitrogens with two attached hydrogens (primary N) is 1. The SMILES string of the molecule is Nc1cc(-c2ccccc2)nn1S. The van der Waals surface area contributed by atoms with Gasteiger partial charge in [-0.25, -0.2) is 0 Å². The summed E-state index contributed by atoms with van der Waals surface area (Å²) in [4.78, 5) is 0. The molecule has 66 valence electrons. The van der Waals surface area contributed by atoms with Crippen LogP contribution in [0, 0.1) is 0 Å². The molecule has 0 amide bonds. The highest BCUT2D eigenvalue weighted by Gasteiger charge is 2.03. The molecule has 4 heteroatoms. The zero-order chi connectivity index (χ0) is 9.26. The molecule has 1 aromatic carbocycles. The molecule has 0 fully saturated rings. The maximum Gasteiger partial charge on any atom is 0.134 e. The van der Waals surface area contributed by atoms with Crippen molar-refractivity contribution in [2.75, 3.05) is 5.73 Å². The molecule has 0 spiro atoms. The third kappa shape index (κ3) is 1.53. The Morgan fingerprint density at radius 2 is 1.92 bits per heavy atom. The smallest absolute Gasteiger partial charge is 0.134 e. The number of thiol groups is 1. The second kappa shape index (κ2) is 3.14. The molecule has 0 atom stereocenters. The summed E-state index contributed by atoms with van der Waals surface area (Å²) in [5.41, 5.74) is 7.49. The second-order valence-electron chi connectivity index (χ2n) is 2.71. The Morgan fingerprint density at radius 3 is 2.46 bits per heavy atom. The Morgan fingerprint density at radius 1 is 1.23 bits per heavy atom. The van der Waals surface area contributed by atoms with E-state index in [1.54, 1.807) is 6.07 Å². The van der Waals surface area contributed by atoms with E-state index in [-0.39, 0.29) is 0 Å². The number of nitrogens with zero attached hydrogens (tertiary/aromatic N) is 2. The van der Waals surface area contributed by atoms with Gasteiger partial charge in [0.15, 0.2) is 0 Å². The number of rotatable bonds is 1. The molecule has 0 aliphatic heterocycles. The number of benzene rings is 1. The van der Waals surface area contributed by atoms with E-state index in [1.165, 1.54) is 4.09 Å². The van der Waals surface area contributed by atoms with Gasteiger partial charge in [0.05, 0.1) is 5.69 Å². The molecular formula is C9H9N3S. The monoisotopic (exact) mass is 191 g/mol. The van der Waals surface area contributed by atoms with E-state index >= 15 is 0 Å². The summed E-state index contributed by atoms with van der Waals surface area (Å²) in [6, 6.07) is 11.6. The normalized spacial score (nSPS) is 10.2. The number of hydrogen-bond donors (Lipinski definition) is 2. The largest absolute Gasteiger partial charge is 0.383 e. The molecule has 0 aliphatic rings. The van der Waals surface area contributed by atoms with Crippen LogP contribution in [0.15, 0.2) is 36.4 Å². The van der Waals surface area contributed by atoms with Gasteiger partial charge in [-0.2, -0.15) is 9.19 Å². The Bertz CT molecular complexity index is 389. The van der Waals surface area contributed by atoms with Crippen molar-refractivity contribution in [1.29, 1.82) is 0 Å². The van der Waals surface area contributed by atoms with E-state index in [1.807, 2.05) is 30.3 Å². The van der Waals surface area contributed by atoms with Crippen LogP contribution in [-0.4, -0.2) is 9.19 Å². The second-order valence-corrected chi connectivity index (χ2v) is 3.09. The molecule has 3 nitrogen and oxygen atoms in total. The van der Waals surface area contributed by atoms with Crippen molar-refractivity contribution in [3.05, 3.63) is 36.4 Å². The van der Waals surface area contributed by atoms with Gasteiger partial charge in [-0.3, -0.25) is 0 Å². The molecule has 0 radical (unpaired) electrons. The Labute approximate surface area is 81.7 Å². The van der Waals surface area contributed by atoms with Gasteiger partial charge < -0.3 is 5.73 Å². The van der Waals surface area contributed by atoms with Gasteiger partial charge in [-0.05, 0) is 12.8 Å². The number of nitrogen functional groups attached to an aromatic ring is 1. The van der Waals surface area contributed by atoms with Gasteiger partial charge in [0.2, 0.25) is 0 Å². The summed E-state index contributed by atoms with van der Waals surface area (Å²) >= 11 is 4.05. The Hall–Kier alpha value is -1.42. The van der Waals surface area contributed by atoms with Gasteiger partial charge >= 0.3 is 0 Å².